The minimum Gasteiger partial charge on any atom is -0.320 e. The summed E-state index contributed by atoms with van der Waals surface area (Å²) < 4.78 is 2.72. The van der Waals surface area contributed by atoms with E-state index in [2.05, 4.69) is 26.2 Å². The molecule has 0 fully saturated rings. The minimum absolute atomic E-state index is 0.193. The normalized spacial score (nSPS) is 11.0. The van der Waals surface area contributed by atoms with Gasteiger partial charge in [-0.3, -0.25) is 9.20 Å². The molecule has 118 valence electrons. The predicted octanol–water partition coefficient (Wildman–Crippen LogP) is 4.87. The largest absolute Gasteiger partial charge is 0.320 e. The van der Waals surface area contributed by atoms with Gasteiger partial charge in [0.15, 0.2) is 0 Å². The van der Waals surface area contributed by atoms with Crippen LogP contribution in [0.25, 0.3) is 5.65 Å². The van der Waals surface area contributed by atoms with E-state index >= 15 is 0 Å². The molecule has 0 spiro atoms. The third-order valence-electron chi connectivity index (χ3n) is 3.64. The predicted molar refractivity (Wildman–Crippen MR) is 96.4 cm³/mol. The first-order valence-electron chi connectivity index (χ1n) is 7.23. The Morgan fingerprint density at radius 3 is 2.83 bits per heavy atom. The summed E-state index contributed by atoms with van der Waals surface area (Å²) in [6.07, 6.45) is 2.38. The van der Waals surface area contributed by atoms with Crippen LogP contribution in [0.2, 0.25) is 5.02 Å². The Balaban J connectivity index is 2.04. The van der Waals surface area contributed by atoms with E-state index < -0.39 is 0 Å². The summed E-state index contributed by atoms with van der Waals surface area (Å²) in [5.41, 5.74) is 3.74. The summed E-state index contributed by atoms with van der Waals surface area (Å²) in [7, 11) is 0. The van der Waals surface area contributed by atoms with E-state index in [1.165, 1.54) is 0 Å². The van der Waals surface area contributed by atoms with Gasteiger partial charge in [-0.25, -0.2) is 4.98 Å². The number of carbonyl (C=O) groups excluding carboxylic acids is 1. The second kappa shape index (κ2) is 6.34. The first kappa shape index (κ1) is 16.0. The van der Waals surface area contributed by atoms with E-state index in [-0.39, 0.29) is 5.91 Å². The summed E-state index contributed by atoms with van der Waals surface area (Å²) in [6.45, 7) is 3.93. The zero-order chi connectivity index (χ0) is 16.6. The van der Waals surface area contributed by atoms with Gasteiger partial charge < -0.3 is 5.32 Å². The van der Waals surface area contributed by atoms with E-state index in [0.29, 0.717) is 22.8 Å². The molecule has 0 atom stereocenters. The Bertz CT molecular complexity index is 904. The topological polar surface area (TPSA) is 46.4 Å². The third kappa shape index (κ3) is 3.12. The fraction of sp³-hybridized carbons (Fsp3) is 0.176. The molecule has 2 aromatic heterocycles. The molecule has 4 nitrogen and oxygen atoms in total. The molecule has 2 heterocycles. The maximum atomic E-state index is 12.8. The average molecular weight is 393 g/mol. The van der Waals surface area contributed by atoms with Crippen LogP contribution in [0.4, 0.5) is 5.69 Å². The molecule has 0 bridgehead atoms. The van der Waals surface area contributed by atoms with Gasteiger partial charge in [0, 0.05) is 16.4 Å². The lowest BCUT2D eigenvalue weighted by molar-refractivity contribution is 0.102. The number of pyridine rings is 1. The first-order valence-corrected chi connectivity index (χ1v) is 8.40. The Morgan fingerprint density at radius 1 is 1.35 bits per heavy atom. The SMILES string of the molecule is CCc1nc2ccc(Cl)cn2c1C(=O)Nc1ccc(Br)cc1C. The van der Waals surface area contributed by atoms with E-state index in [4.69, 9.17) is 11.6 Å². The fourth-order valence-corrected chi connectivity index (χ4v) is 3.14. The molecule has 1 amide bonds. The Morgan fingerprint density at radius 2 is 2.13 bits per heavy atom. The molecule has 1 N–H and O–H groups in total. The number of aromatic nitrogens is 2. The highest BCUT2D eigenvalue weighted by Gasteiger charge is 2.19. The maximum absolute atomic E-state index is 12.8. The van der Waals surface area contributed by atoms with E-state index in [0.717, 1.165) is 21.4 Å². The summed E-state index contributed by atoms with van der Waals surface area (Å²) >= 11 is 9.49. The maximum Gasteiger partial charge on any atom is 0.274 e. The van der Waals surface area contributed by atoms with Crippen LogP contribution in [0.3, 0.4) is 0 Å². The Labute approximate surface area is 147 Å². The Kier molecular flexibility index (Phi) is 4.41. The van der Waals surface area contributed by atoms with E-state index in [9.17, 15) is 4.79 Å². The Hall–Kier alpha value is -1.85. The number of imidazole rings is 1. The second-order valence-electron chi connectivity index (χ2n) is 5.25. The highest BCUT2D eigenvalue weighted by molar-refractivity contribution is 9.10. The molecular weight excluding hydrogens is 378 g/mol. The quantitative estimate of drug-likeness (QED) is 0.691. The van der Waals surface area contributed by atoms with Crippen LogP contribution < -0.4 is 5.32 Å². The summed E-state index contributed by atoms with van der Waals surface area (Å²) in [4.78, 5) is 17.3. The monoisotopic (exact) mass is 391 g/mol. The molecule has 6 heteroatoms. The number of halogens is 2. The molecule has 3 aromatic rings. The lowest BCUT2D eigenvalue weighted by atomic mass is 10.2. The van der Waals surface area contributed by atoms with Crippen molar-refractivity contribution in [1.82, 2.24) is 9.38 Å². The van der Waals surface area contributed by atoms with Crippen LogP contribution in [0.5, 0.6) is 0 Å². The first-order chi connectivity index (χ1) is 11.0. The van der Waals surface area contributed by atoms with Gasteiger partial charge in [0.1, 0.15) is 11.3 Å². The molecule has 0 aliphatic heterocycles. The van der Waals surface area contributed by atoms with Crippen molar-refractivity contribution in [3.8, 4) is 0 Å². The van der Waals surface area contributed by atoms with Crippen LogP contribution in [-0.2, 0) is 6.42 Å². The van der Waals surface area contributed by atoms with Gasteiger partial charge in [-0.05, 0) is 49.2 Å². The smallest absolute Gasteiger partial charge is 0.274 e. The number of fused-ring (bicyclic) bond motifs is 1. The number of hydrogen-bond donors (Lipinski definition) is 1. The van der Waals surface area contributed by atoms with Gasteiger partial charge in [0.05, 0.1) is 10.7 Å². The van der Waals surface area contributed by atoms with Crippen LogP contribution in [0.1, 0.15) is 28.7 Å². The fourth-order valence-electron chi connectivity index (χ4n) is 2.50. The van der Waals surface area contributed by atoms with Crippen molar-refractivity contribution >= 4 is 44.8 Å². The molecular formula is C17H15BrClN3O. The van der Waals surface area contributed by atoms with E-state index in [1.54, 1.807) is 16.7 Å². The number of hydrogen-bond acceptors (Lipinski definition) is 2. The van der Waals surface area contributed by atoms with Gasteiger partial charge in [0.25, 0.3) is 5.91 Å². The number of nitrogens with one attached hydrogen (secondary N) is 1. The van der Waals surface area contributed by atoms with Crippen molar-refractivity contribution in [2.24, 2.45) is 0 Å². The summed E-state index contributed by atoms with van der Waals surface area (Å²) in [5.74, 6) is -0.193. The van der Waals surface area contributed by atoms with Crippen molar-refractivity contribution < 1.29 is 4.79 Å². The average Bonchev–Trinajstić information content (AvgIpc) is 2.87. The molecule has 1 aromatic carbocycles. The second-order valence-corrected chi connectivity index (χ2v) is 6.60. The van der Waals surface area contributed by atoms with Crippen LogP contribution >= 0.6 is 27.5 Å². The van der Waals surface area contributed by atoms with Gasteiger partial charge in [-0.1, -0.05) is 34.5 Å². The van der Waals surface area contributed by atoms with Crippen molar-refractivity contribution in [1.29, 1.82) is 0 Å². The molecule has 3 rings (SSSR count). The molecule has 0 unspecified atom stereocenters. The van der Waals surface area contributed by atoms with E-state index in [1.807, 2.05) is 38.1 Å². The molecule has 23 heavy (non-hydrogen) atoms. The van der Waals surface area contributed by atoms with Crippen LogP contribution in [0.15, 0.2) is 41.0 Å². The third-order valence-corrected chi connectivity index (χ3v) is 4.36. The molecule has 0 aliphatic rings. The zero-order valence-corrected chi connectivity index (χ0v) is 15.1. The molecule has 0 saturated carbocycles. The molecule has 0 saturated heterocycles. The number of aryl methyl sites for hydroxylation is 2. The lowest BCUT2D eigenvalue weighted by Crippen LogP contribution is -2.17. The number of rotatable bonds is 3. The summed E-state index contributed by atoms with van der Waals surface area (Å²) in [5, 5.41) is 3.52. The lowest BCUT2D eigenvalue weighted by Gasteiger charge is -2.10. The number of carbonyl (C=O) groups is 1. The molecule has 0 radical (unpaired) electrons. The highest BCUT2D eigenvalue weighted by Crippen LogP contribution is 2.22. The summed E-state index contributed by atoms with van der Waals surface area (Å²) in [6, 6.07) is 9.31. The number of anilines is 1. The van der Waals surface area contributed by atoms with Crippen molar-refractivity contribution in [2.45, 2.75) is 20.3 Å². The van der Waals surface area contributed by atoms with Crippen molar-refractivity contribution in [2.75, 3.05) is 5.32 Å². The van der Waals surface area contributed by atoms with Crippen molar-refractivity contribution in [3.63, 3.8) is 0 Å². The van der Waals surface area contributed by atoms with Crippen LogP contribution in [0, 0.1) is 6.92 Å². The minimum atomic E-state index is -0.193. The van der Waals surface area contributed by atoms with Gasteiger partial charge >= 0.3 is 0 Å². The number of nitrogens with zero attached hydrogens (tertiary/aromatic N) is 2. The number of amides is 1. The van der Waals surface area contributed by atoms with Gasteiger partial charge in [-0.15, -0.1) is 0 Å². The highest BCUT2D eigenvalue weighted by atomic mass is 79.9. The van der Waals surface area contributed by atoms with Gasteiger partial charge in [-0.2, -0.15) is 0 Å². The zero-order valence-electron chi connectivity index (χ0n) is 12.7. The van der Waals surface area contributed by atoms with Crippen molar-refractivity contribution in [3.05, 3.63) is 63.0 Å². The van der Waals surface area contributed by atoms with Gasteiger partial charge in [0.2, 0.25) is 0 Å². The number of benzene rings is 1. The standard InChI is InChI=1S/C17H15BrClN3O/c1-3-13-16(22-9-12(19)5-7-15(22)20-13)17(23)21-14-6-4-11(18)8-10(14)2/h4-9H,3H2,1-2H3,(H,21,23). The molecule has 0 aliphatic carbocycles. The van der Waals surface area contributed by atoms with Crippen LogP contribution in [-0.4, -0.2) is 15.3 Å².